The van der Waals surface area contributed by atoms with Gasteiger partial charge in [0.2, 0.25) is 0 Å². The molecule has 0 amide bonds. The number of ether oxygens (including phenoxy) is 1. The highest BCUT2D eigenvalue weighted by atomic mass is 35.5. The summed E-state index contributed by atoms with van der Waals surface area (Å²) < 4.78 is 18.7. The monoisotopic (exact) mass is 266 g/mol. The van der Waals surface area contributed by atoms with Crippen LogP contribution in [0.3, 0.4) is 0 Å². The van der Waals surface area contributed by atoms with Crippen LogP contribution in [0.5, 0.6) is 0 Å². The Kier molecular flexibility index (Phi) is 4.47. The molecule has 0 aliphatic heterocycles. The highest BCUT2D eigenvalue weighted by Gasteiger charge is 2.30. The number of rotatable bonds is 4. The molecule has 0 aliphatic carbocycles. The Morgan fingerprint density at radius 3 is 2.12 bits per heavy atom. The summed E-state index contributed by atoms with van der Waals surface area (Å²) in [7, 11) is 0. The highest BCUT2D eigenvalue weighted by molar-refractivity contribution is 6.33. The largest absolute Gasteiger partial charge is 0.368 e. The van der Waals surface area contributed by atoms with E-state index in [1.54, 1.807) is 0 Å². The fourth-order valence-corrected chi connectivity index (χ4v) is 1.66. The topological polar surface area (TPSA) is 35.0 Å². The first-order valence-electron chi connectivity index (χ1n) is 4.97. The Balaban J connectivity index is 3.21. The predicted molar refractivity (Wildman–Crippen MR) is 61.3 cm³/mol. The third-order valence-corrected chi connectivity index (χ3v) is 2.88. The molecule has 0 fully saturated rings. The van der Waals surface area contributed by atoms with E-state index in [4.69, 9.17) is 27.9 Å². The van der Waals surface area contributed by atoms with Gasteiger partial charge in [0, 0.05) is 6.61 Å². The molecular weight excluding hydrogens is 254 g/mol. The lowest BCUT2D eigenvalue weighted by atomic mass is 10.0. The molecule has 1 heterocycles. The van der Waals surface area contributed by atoms with Crippen molar-refractivity contribution in [1.82, 2.24) is 9.97 Å². The van der Waals surface area contributed by atoms with Gasteiger partial charge in [0.25, 0.3) is 0 Å². The van der Waals surface area contributed by atoms with Gasteiger partial charge in [-0.1, -0.05) is 30.1 Å². The Hall–Kier alpha value is -0.450. The van der Waals surface area contributed by atoms with Crippen molar-refractivity contribution in [3.63, 3.8) is 0 Å². The zero-order valence-electron chi connectivity index (χ0n) is 9.35. The minimum Gasteiger partial charge on any atom is -0.368 e. The van der Waals surface area contributed by atoms with Crippen LogP contribution in [0.25, 0.3) is 0 Å². The molecule has 1 aromatic rings. The molecule has 0 aliphatic rings. The van der Waals surface area contributed by atoms with Gasteiger partial charge in [-0.2, -0.15) is 0 Å². The summed E-state index contributed by atoms with van der Waals surface area (Å²) in [6.45, 7) is 6.10. The minimum absolute atomic E-state index is 0.283. The molecule has 1 unspecified atom stereocenters. The molecule has 1 rings (SSSR count). The summed E-state index contributed by atoms with van der Waals surface area (Å²) in [6, 6.07) is 0. The van der Waals surface area contributed by atoms with Crippen molar-refractivity contribution in [2.45, 2.75) is 32.8 Å². The lowest BCUT2D eigenvalue weighted by Gasteiger charge is -2.26. The molecule has 16 heavy (non-hydrogen) atoms. The first kappa shape index (κ1) is 13.6. The van der Waals surface area contributed by atoms with Gasteiger partial charge in [-0.15, -0.1) is 0 Å². The average Bonchev–Trinajstić information content (AvgIpc) is 2.25. The molecule has 6 heteroatoms. The summed E-state index contributed by atoms with van der Waals surface area (Å²) >= 11 is 11.2. The lowest BCUT2D eigenvalue weighted by molar-refractivity contribution is -0.0391. The van der Waals surface area contributed by atoms with Gasteiger partial charge in [0.1, 0.15) is 5.60 Å². The molecule has 1 atom stereocenters. The third-order valence-electron chi connectivity index (χ3n) is 2.38. The summed E-state index contributed by atoms with van der Waals surface area (Å²) in [6.07, 6.45) is 0.638. The lowest BCUT2D eigenvalue weighted by Crippen LogP contribution is -2.28. The summed E-state index contributed by atoms with van der Waals surface area (Å²) in [4.78, 5) is 7.73. The molecule has 1 aromatic heterocycles. The Morgan fingerprint density at radius 2 is 1.75 bits per heavy atom. The molecule has 0 aromatic carbocycles. The van der Waals surface area contributed by atoms with Gasteiger partial charge in [-0.05, 0) is 20.3 Å². The van der Waals surface area contributed by atoms with Crippen LogP contribution in [-0.4, -0.2) is 16.6 Å². The second-order valence-corrected chi connectivity index (χ2v) is 4.18. The maximum absolute atomic E-state index is 13.2. The molecule has 90 valence electrons. The van der Waals surface area contributed by atoms with Crippen LogP contribution in [0.4, 0.5) is 4.39 Å². The maximum Gasteiger partial charge on any atom is 0.197 e. The number of aromatic nitrogens is 2. The second kappa shape index (κ2) is 5.25. The van der Waals surface area contributed by atoms with E-state index in [2.05, 4.69) is 9.97 Å². The maximum atomic E-state index is 13.2. The van der Waals surface area contributed by atoms with E-state index in [9.17, 15) is 4.39 Å². The van der Waals surface area contributed by atoms with Gasteiger partial charge in [-0.25, -0.2) is 14.4 Å². The summed E-state index contributed by atoms with van der Waals surface area (Å²) in [5.41, 5.74) is -0.699. The number of nitrogens with zero attached hydrogens (tertiary/aromatic N) is 2. The standard InChI is InChI=1S/C10H13Cl2FN2O/c1-4-10(3,16-5-2)9-14-7(11)6(13)8(12)15-9/h4-5H2,1-3H3. The highest BCUT2D eigenvalue weighted by Crippen LogP contribution is 2.29. The molecule has 0 saturated heterocycles. The minimum atomic E-state index is -0.804. The summed E-state index contributed by atoms with van der Waals surface area (Å²) in [5.74, 6) is -0.504. The molecule has 0 N–H and O–H groups in total. The zero-order chi connectivity index (χ0) is 12.3. The van der Waals surface area contributed by atoms with Crippen molar-refractivity contribution in [2.75, 3.05) is 6.61 Å². The van der Waals surface area contributed by atoms with Crippen LogP contribution in [0.1, 0.15) is 33.0 Å². The van der Waals surface area contributed by atoms with E-state index < -0.39 is 11.4 Å². The summed E-state index contributed by atoms with van der Waals surface area (Å²) in [5, 5.41) is -0.566. The van der Waals surface area contributed by atoms with Gasteiger partial charge < -0.3 is 4.74 Å². The molecule has 0 spiro atoms. The average molecular weight is 267 g/mol. The van der Waals surface area contributed by atoms with Crippen molar-refractivity contribution in [2.24, 2.45) is 0 Å². The molecular formula is C10H13Cl2FN2O. The third kappa shape index (κ3) is 2.62. The van der Waals surface area contributed by atoms with E-state index in [0.717, 1.165) is 0 Å². The molecule has 0 saturated carbocycles. The van der Waals surface area contributed by atoms with Gasteiger partial charge >= 0.3 is 0 Å². The smallest absolute Gasteiger partial charge is 0.197 e. The quantitative estimate of drug-likeness (QED) is 0.782. The number of hydrogen-bond acceptors (Lipinski definition) is 3. The Labute approximate surface area is 104 Å². The van der Waals surface area contributed by atoms with Crippen molar-refractivity contribution < 1.29 is 9.13 Å². The van der Waals surface area contributed by atoms with Crippen molar-refractivity contribution in [1.29, 1.82) is 0 Å². The fraction of sp³-hybridized carbons (Fsp3) is 0.600. The number of hydrogen-bond donors (Lipinski definition) is 0. The Bertz CT molecular complexity index is 366. The Morgan fingerprint density at radius 1 is 1.25 bits per heavy atom. The zero-order valence-corrected chi connectivity index (χ0v) is 10.9. The van der Waals surface area contributed by atoms with Crippen LogP contribution in [0.2, 0.25) is 10.3 Å². The van der Waals surface area contributed by atoms with Crippen LogP contribution < -0.4 is 0 Å². The van der Waals surface area contributed by atoms with Crippen molar-refractivity contribution >= 4 is 23.2 Å². The van der Waals surface area contributed by atoms with Gasteiger partial charge in [-0.3, -0.25) is 0 Å². The molecule has 0 radical (unpaired) electrons. The first-order valence-corrected chi connectivity index (χ1v) is 5.73. The van der Waals surface area contributed by atoms with E-state index in [1.807, 2.05) is 20.8 Å². The van der Waals surface area contributed by atoms with Crippen molar-refractivity contribution in [3.8, 4) is 0 Å². The SMILES string of the molecule is CCOC(C)(CC)c1nc(Cl)c(F)c(Cl)n1. The van der Waals surface area contributed by atoms with E-state index in [-0.39, 0.29) is 10.3 Å². The molecule has 0 bridgehead atoms. The van der Waals surface area contributed by atoms with E-state index >= 15 is 0 Å². The molecule has 3 nitrogen and oxygen atoms in total. The van der Waals surface area contributed by atoms with Crippen LogP contribution >= 0.6 is 23.2 Å². The van der Waals surface area contributed by atoms with Crippen LogP contribution in [0, 0.1) is 5.82 Å². The predicted octanol–water partition coefficient (Wildman–Crippen LogP) is 3.58. The number of halogens is 3. The van der Waals surface area contributed by atoms with Gasteiger partial charge in [0.05, 0.1) is 0 Å². The normalized spacial score (nSPS) is 14.9. The van der Waals surface area contributed by atoms with Gasteiger partial charge in [0.15, 0.2) is 21.9 Å². The fourth-order valence-electron chi connectivity index (χ4n) is 1.27. The van der Waals surface area contributed by atoms with Crippen LogP contribution in [0.15, 0.2) is 0 Å². The van der Waals surface area contributed by atoms with Crippen LogP contribution in [-0.2, 0) is 10.3 Å². The second-order valence-electron chi connectivity index (χ2n) is 3.46. The van der Waals surface area contributed by atoms with Crippen molar-refractivity contribution in [3.05, 3.63) is 21.9 Å². The van der Waals surface area contributed by atoms with E-state index in [1.165, 1.54) is 0 Å². The van der Waals surface area contributed by atoms with E-state index in [0.29, 0.717) is 18.9 Å². The first-order chi connectivity index (χ1) is 7.44.